The van der Waals surface area contributed by atoms with Crippen molar-refractivity contribution in [3.05, 3.63) is 0 Å². The van der Waals surface area contributed by atoms with Crippen LogP contribution in [0.3, 0.4) is 0 Å². The molecule has 0 saturated carbocycles. The third-order valence-corrected chi connectivity index (χ3v) is 0.856. The second-order valence-electron chi connectivity index (χ2n) is 4.67. The van der Waals surface area contributed by atoms with Gasteiger partial charge in [-0.25, -0.2) is 0 Å². The molecule has 0 fully saturated rings. The van der Waals surface area contributed by atoms with Crippen LogP contribution in [0, 0.1) is 5.41 Å². The van der Waals surface area contributed by atoms with E-state index in [-0.39, 0.29) is 52.6 Å². The van der Waals surface area contributed by atoms with E-state index in [1.54, 1.807) is 41.5 Å². The van der Waals surface area contributed by atoms with Gasteiger partial charge >= 0.3 is 0 Å². The number of rotatable bonds is 2. The quantitative estimate of drug-likeness (QED) is 0.560. The fourth-order valence-corrected chi connectivity index (χ4v) is 0.0500. The summed E-state index contributed by atoms with van der Waals surface area (Å²) in [6.07, 6.45) is -0.333. The summed E-state index contributed by atoms with van der Waals surface area (Å²) in [5, 5.41) is 33.0. The normalized spacial score (nSPS) is 9.75. The number of hydrogen-bond acceptors (Lipinski definition) is 4. The third-order valence-electron chi connectivity index (χ3n) is 0.856. The molecule has 0 amide bonds. The second-order valence-corrected chi connectivity index (χ2v) is 4.67. The molecule has 16 heavy (non-hydrogen) atoms. The first kappa shape index (κ1) is 25.4. The predicted molar refractivity (Wildman–Crippen MR) is 62.7 cm³/mol. The van der Waals surface area contributed by atoms with E-state index in [4.69, 9.17) is 20.4 Å². The molecular weight excluding hydrogens is 244 g/mol. The fraction of sp³-hybridized carbons (Fsp3) is 1.00. The van der Waals surface area contributed by atoms with Gasteiger partial charge in [-0.15, -0.1) is 0 Å². The Balaban J connectivity index is -0.0000000700. The molecule has 0 heterocycles. The van der Waals surface area contributed by atoms with Gasteiger partial charge in [-0.2, -0.15) is 0 Å². The first-order valence-corrected chi connectivity index (χ1v) is 5.17. The van der Waals surface area contributed by atoms with E-state index in [1.165, 1.54) is 0 Å². The fourth-order valence-electron chi connectivity index (χ4n) is 0.0500. The van der Waals surface area contributed by atoms with Crippen LogP contribution >= 0.6 is 0 Å². The monoisotopic (exact) mass is 272 g/mol. The zero-order chi connectivity index (χ0) is 13.1. The van der Waals surface area contributed by atoms with Gasteiger partial charge in [0.15, 0.2) is 0 Å². The molecule has 0 aliphatic carbocycles. The van der Waals surface area contributed by atoms with Crippen molar-refractivity contribution in [3.63, 3.8) is 0 Å². The van der Waals surface area contributed by atoms with Crippen molar-refractivity contribution in [2.45, 2.75) is 53.8 Å². The van der Waals surface area contributed by atoms with Crippen LogP contribution in [-0.2, 0) is 21.7 Å². The Morgan fingerprint density at radius 1 is 0.812 bits per heavy atom. The Hall–Kier alpha value is 0.554. The van der Waals surface area contributed by atoms with E-state index < -0.39 is 0 Å². The molecule has 0 saturated heterocycles. The van der Waals surface area contributed by atoms with Gasteiger partial charge in [0, 0.05) is 39.3 Å². The van der Waals surface area contributed by atoms with Crippen LogP contribution in [0.1, 0.15) is 41.5 Å². The minimum absolute atomic E-state index is 0. The first-order chi connectivity index (χ1) is 6.59. The molecule has 0 radical (unpaired) electrons. The van der Waals surface area contributed by atoms with Gasteiger partial charge < -0.3 is 20.4 Å². The van der Waals surface area contributed by atoms with Crippen molar-refractivity contribution in [1.29, 1.82) is 0 Å². The zero-order valence-corrected chi connectivity index (χ0v) is 12.9. The molecule has 100 valence electrons. The molecule has 0 atom stereocenters. The maximum atomic E-state index is 8.43. The van der Waals surface area contributed by atoms with Crippen LogP contribution in [-0.4, -0.2) is 45.8 Å². The van der Waals surface area contributed by atoms with Crippen LogP contribution < -0.4 is 0 Å². The SMILES string of the molecule is CC(C)(CO)CO.CC(C)O.CC(C)O.[Ti]. The number of aliphatic hydroxyl groups is 4. The van der Waals surface area contributed by atoms with Gasteiger partial charge in [0.25, 0.3) is 0 Å². The average molecular weight is 272 g/mol. The van der Waals surface area contributed by atoms with Crippen molar-refractivity contribution in [2.24, 2.45) is 5.41 Å². The Bertz CT molecular complexity index is 99.0. The largest absolute Gasteiger partial charge is 0.396 e. The summed E-state index contributed by atoms with van der Waals surface area (Å²) in [4.78, 5) is 0. The summed E-state index contributed by atoms with van der Waals surface area (Å²) >= 11 is 0. The minimum atomic E-state index is -0.306. The van der Waals surface area contributed by atoms with Crippen LogP contribution in [0.5, 0.6) is 0 Å². The topological polar surface area (TPSA) is 80.9 Å². The van der Waals surface area contributed by atoms with E-state index >= 15 is 0 Å². The molecule has 0 spiro atoms. The summed E-state index contributed by atoms with van der Waals surface area (Å²) in [6, 6.07) is 0. The molecule has 0 aromatic heterocycles. The Morgan fingerprint density at radius 3 is 0.938 bits per heavy atom. The van der Waals surface area contributed by atoms with Crippen LogP contribution in [0.25, 0.3) is 0 Å². The number of aliphatic hydroxyl groups excluding tert-OH is 4. The van der Waals surface area contributed by atoms with E-state index in [0.29, 0.717) is 0 Å². The van der Waals surface area contributed by atoms with E-state index in [0.717, 1.165) is 0 Å². The molecule has 4 N–H and O–H groups in total. The van der Waals surface area contributed by atoms with Crippen molar-refractivity contribution in [1.82, 2.24) is 0 Å². The molecule has 4 nitrogen and oxygen atoms in total. The van der Waals surface area contributed by atoms with Gasteiger partial charge in [-0.05, 0) is 27.7 Å². The summed E-state index contributed by atoms with van der Waals surface area (Å²) in [5.74, 6) is 0. The smallest absolute Gasteiger partial charge is 0.0504 e. The molecular formula is C11H28O4Ti. The molecule has 0 aliphatic rings. The van der Waals surface area contributed by atoms with Crippen LogP contribution in [0.4, 0.5) is 0 Å². The molecule has 0 bridgehead atoms. The zero-order valence-electron chi connectivity index (χ0n) is 11.4. The van der Waals surface area contributed by atoms with Crippen LogP contribution in [0.2, 0.25) is 0 Å². The number of hydrogen-bond donors (Lipinski definition) is 4. The molecule has 0 aromatic carbocycles. The predicted octanol–water partition coefficient (Wildman–Crippen LogP) is 0.769. The van der Waals surface area contributed by atoms with E-state index in [9.17, 15) is 0 Å². The van der Waals surface area contributed by atoms with Crippen molar-refractivity contribution >= 4 is 0 Å². The van der Waals surface area contributed by atoms with Gasteiger partial charge in [-0.1, -0.05) is 13.8 Å². The van der Waals surface area contributed by atoms with Gasteiger partial charge in [-0.3, -0.25) is 0 Å². The van der Waals surface area contributed by atoms with Crippen molar-refractivity contribution < 1.29 is 42.1 Å². The third kappa shape index (κ3) is 62.2. The minimum Gasteiger partial charge on any atom is -0.396 e. The first-order valence-electron chi connectivity index (χ1n) is 5.17. The molecule has 0 rings (SSSR count). The standard InChI is InChI=1S/C5H12O2.2C3H8O.Ti/c1-5(2,3-6)4-7;2*1-3(2)4;/h6-7H,3-4H2,1-2H3;2*3-4H,1-2H3;. The molecule has 0 unspecified atom stereocenters. The van der Waals surface area contributed by atoms with Crippen molar-refractivity contribution in [3.8, 4) is 0 Å². The van der Waals surface area contributed by atoms with Crippen molar-refractivity contribution in [2.75, 3.05) is 13.2 Å². The average Bonchev–Trinajstić information content (AvgIpc) is 2.02. The van der Waals surface area contributed by atoms with Crippen LogP contribution in [0.15, 0.2) is 0 Å². The maximum absolute atomic E-state index is 8.43. The summed E-state index contributed by atoms with van der Waals surface area (Å²) in [6.45, 7) is 10.6. The van der Waals surface area contributed by atoms with Gasteiger partial charge in [0.1, 0.15) is 0 Å². The van der Waals surface area contributed by atoms with Gasteiger partial charge in [0.2, 0.25) is 0 Å². The molecule has 0 aliphatic heterocycles. The summed E-state index contributed by atoms with van der Waals surface area (Å²) in [5.41, 5.74) is -0.306. The summed E-state index contributed by atoms with van der Waals surface area (Å²) in [7, 11) is 0. The maximum Gasteiger partial charge on any atom is 0.0504 e. The molecule has 5 heteroatoms. The molecule has 0 aromatic rings. The second kappa shape index (κ2) is 15.6. The Labute approximate surface area is 115 Å². The van der Waals surface area contributed by atoms with E-state index in [2.05, 4.69) is 0 Å². The Kier molecular flexibility index (Phi) is 24.7. The van der Waals surface area contributed by atoms with Gasteiger partial charge in [0.05, 0.1) is 13.2 Å². The Morgan fingerprint density at radius 2 is 0.938 bits per heavy atom. The van der Waals surface area contributed by atoms with E-state index in [1.807, 2.05) is 0 Å². The summed E-state index contributed by atoms with van der Waals surface area (Å²) < 4.78 is 0.